The molecule has 222 valence electrons. The van der Waals surface area contributed by atoms with Crippen LogP contribution in [0.15, 0.2) is 30.3 Å². The Balaban J connectivity index is 0.000000293. The number of benzene rings is 1. The third-order valence-electron chi connectivity index (χ3n) is 5.77. The fourth-order valence-corrected chi connectivity index (χ4v) is 3.68. The Bertz CT molecular complexity index is 950. The maximum atomic E-state index is 14.0. The number of ether oxygens (including phenoxy) is 3. The van der Waals surface area contributed by atoms with Crippen LogP contribution < -0.4 is 0 Å². The predicted molar refractivity (Wildman–Crippen MR) is 136 cm³/mol. The summed E-state index contributed by atoms with van der Waals surface area (Å²) in [5.41, 5.74) is -0.503. The molecule has 39 heavy (non-hydrogen) atoms. The normalized spacial score (nSPS) is 22.8. The number of carbonyl (C=O) groups is 2. The molecule has 0 radical (unpaired) electrons. The molecule has 8 nitrogen and oxygen atoms in total. The number of aliphatic hydroxyl groups excluding tert-OH is 1. The summed E-state index contributed by atoms with van der Waals surface area (Å²) in [6.07, 6.45) is -5.35. The molecule has 1 aromatic rings. The minimum absolute atomic E-state index is 0.0346. The monoisotopic (exact) mass is 564 g/mol. The van der Waals surface area contributed by atoms with E-state index in [2.05, 4.69) is 0 Å². The molecule has 2 aliphatic rings. The number of β-amino-alcohol motifs (C(OH)–C–C–N with tert-alkyl or cyclic N) is 1. The molecule has 2 aliphatic heterocycles. The van der Waals surface area contributed by atoms with Gasteiger partial charge in [-0.15, -0.1) is 0 Å². The van der Waals surface area contributed by atoms with E-state index in [0.717, 1.165) is 10.5 Å². The van der Waals surface area contributed by atoms with Crippen molar-refractivity contribution in [3.05, 3.63) is 35.9 Å². The summed E-state index contributed by atoms with van der Waals surface area (Å²) in [6.45, 7) is 9.71. The molecular weight excluding hydrogens is 524 g/mol. The highest BCUT2D eigenvalue weighted by Gasteiger charge is 2.47. The van der Waals surface area contributed by atoms with Gasteiger partial charge in [0.25, 0.3) is 11.8 Å². The lowest BCUT2D eigenvalue weighted by Gasteiger charge is -2.38. The average Bonchev–Trinajstić information content (AvgIpc) is 2.78. The first-order valence-electron chi connectivity index (χ1n) is 12.8. The van der Waals surface area contributed by atoms with Gasteiger partial charge in [0.1, 0.15) is 23.4 Å². The topological polar surface area (TPSA) is 88.5 Å². The van der Waals surface area contributed by atoms with E-state index in [-0.39, 0.29) is 32.8 Å². The van der Waals surface area contributed by atoms with Crippen LogP contribution in [0.4, 0.5) is 27.2 Å². The number of rotatable bonds is 3. The molecule has 0 aromatic heterocycles. The molecular formula is C27H40F4N2O6. The molecule has 0 aliphatic carbocycles. The van der Waals surface area contributed by atoms with E-state index in [1.54, 1.807) is 41.5 Å². The number of hydrogen-bond donors (Lipinski definition) is 1. The van der Waals surface area contributed by atoms with Gasteiger partial charge in [0.2, 0.25) is 0 Å². The van der Waals surface area contributed by atoms with Gasteiger partial charge in [0, 0.05) is 25.9 Å². The lowest BCUT2D eigenvalue weighted by molar-refractivity contribution is -0.173. The number of amides is 2. The first-order valence-corrected chi connectivity index (χ1v) is 12.8. The van der Waals surface area contributed by atoms with Crippen molar-refractivity contribution in [2.45, 2.75) is 96.2 Å². The Morgan fingerprint density at radius 2 is 1.31 bits per heavy atom. The third-order valence-corrected chi connectivity index (χ3v) is 5.77. The van der Waals surface area contributed by atoms with E-state index in [1.807, 2.05) is 30.3 Å². The molecule has 1 N–H and O–H groups in total. The molecule has 1 aromatic carbocycles. The van der Waals surface area contributed by atoms with Crippen LogP contribution >= 0.6 is 0 Å². The minimum Gasteiger partial charge on any atom is -0.444 e. The predicted octanol–water partition coefficient (Wildman–Crippen LogP) is 5.47. The summed E-state index contributed by atoms with van der Waals surface area (Å²) in [5.74, 6) is -6.06. The number of nitrogens with zero attached hydrogens (tertiary/aromatic N) is 2. The Morgan fingerprint density at radius 3 is 1.77 bits per heavy atom. The minimum atomic E-state index is -3.11. The van der Waals surface area contributed by atoms with Gasteiger partial charge in [-0.25, -0.2) is 27.2 Å². The number of piperidine rings is 2. The van der Waals surface area contributed by atoms with Crippen molar-refractivity contribution in [3.8, 4) is 0 Å². The molecule has 0 saturated carbocycles. The number of aliphatic hydroxyl groups is 1. The first kappa shape index (κ1) is 32.6. The van der Waals surface area contributed by atoms with E-state index >= 15 is 0 Å². The molecule has 0 bridgehead atoms. The Kier molecular flexibility index (Phi) is 10.6. The molecule has 12 heteroatoms. The highest BCUT2D eigenvalue weighted by atomic mass is 19.3. The maximum absolute atomic E-state index is 14.0. The zero-order valence-electron chi connectivity index (χ0n) is 23.4. The number of alkyl halides is 4. The van der Waals surface area contributed by atoms with Gasteiger partial charge in [-0.05, 0) is 47.1 Å². The summed E-state index contributed by atoms with van der Waals surface area (Å²) in [7, 11) is 0. The van der Waals surface area contributed by atoms with Crippen LogP contribution in [0.25, 0.3) is 0 Å². The Hall–Kier alpha value is -2.60. The molecule has 3 rings (SSSR count). The molecule has 2 amide bonds. The van der Waals surface area contributed by atoms with Crippen molar-refractivity contribution in [2.75, 3.05) is 26.2 Å². The number of hydrogen-bond acceptors (Lipinski definition) is 6. The van der Waals surface area contributed by atoms with Gasteiger partial charge in [0.15, 0.2) is 0 Å². The molecule has 2 unspecified atom stereocenters. The van der Waals surface area contributed by atoms with Gasteiger partial charge >= 0.3 is 12.2 Å². The van der Waals surface area contributed by atoms with Crippen molar-refractivity contribution in [1.82, 2.24) is 9.80 Å². The van der Waals surface area contributed by atoms with Crippen molar-refractivity contribution in [3.63, 3.8) is 0 Å². The zero-order valence-corrected chi connectivity index (χ0v) is 23.4. The van der Waals surface area contributed by atoms with Gasteiger partial charge in [-0.1, -0.05) is 30.3 Å². The Morgan fingerprint density at radius 1 is 0.846 bits per heavy atom. The molecule has 2 saturated heterocycles. The van der Waals surface area contributed by atoms with Crippen LogP contribution in [0.2, 0.25) is 0 Å². The van der Waals surface area contributed by atoms with Crippen LogP contribution in [0.1, 0.15) is 59.9 Å². The SMILES string of the molecule is CC(C)(C)OC(=O)N1CCC(F)(F)C(O)C1.CC(C)(C)OC(=O)N1CCC(F)(F)C(OCc2ccccc2)C1. The maximum Gasteiger partial charge on any atom is 0.410 e. The zero-order chi connectivity index (χ0) is 29.6. The van der Waals surface area contributed by atoms with Gasteiger partial charge in [0.05, 0.1) is 19.7 Å². The average molecular weight is 565 g/mol. The number of halogens is 4. The van der Waals surface area contributed by atoms with Crippen molar-refractivity contribution >= 4 is 12.2 Å². The van der Waals surface area contributed by atoms with Crippen LogP contribution in [0.5, 0.6) is 0 Å². The Labute approximate surface area is 227 Å². The second-order valence-electron chi connectivity index (χ2n) is 11.7. The van der Waals surface area contributed by atoms with Gasteiger partial charge in [-0.2, -0.15) is 0 Å². The number of likely N-dealkylation sites (tertiary alicyclic amines) is 2. The second-order valence-corrected chi connectivity index (χ2v) is 11.7. The fraction of sp³-hybridized carbons (Fsp3) is 0.704. The lowest BCUT2D eigenvalue weighted by Crippen LogP contribution is -2.54. The second kappa shape index (κ2) is 12.7. The van der Waals surface area contributed by atoms with E-state index < -0.39 is 60.3 Å². The van der Waals surface area contributed by atoms with E-state index in [4.69, 9.17) is 19.3 Å². The van der Waals surface area contributed by atoms with Gasteiger partial charge in [-0.3, -0.25) is 0 Å². The summed E-state index contributed by atoms with van der Waals surface area (Å²) in [5, 5.41) is 9.16. The molecule has 0 spiro atoms. The van der Waals surface area contributed by atoms with Crippen LogP contribution in [0, 0.1) is 0 Å². The number of carbonyl (C=O) groups excluding carboxylic acids is 2. The highest BCUT2D eigenvalue weighted by molar-refractivity contribution is 5.68. The van der Waals surface area contributed by atoms with Crippen molar-refractivity contribution < 1.29 is 46.5 Å². The van der Waals surface area contributed by atoms with E-state index in [9.17, 15) is 27.2 Å². The summed E-state index contributed by atoms with van der Waals surface area (Å²) in [6, 6.07) is 9.12. The van der Waals surface area contributed by atoms with E-state index in [0.29, 0.717) is 0 Å². The van der Waals surface area contributed by atoms with Crippen molar-refractivity contribution in [2.24, 2.45) is 0 Å². The first-order chi connectivity index (χ1) is 17.8. The summed E-state index contributed by atoms with van der Waals surface area (Å²) in [4.78, 5) is 26.0. The largest absolute Gasteiger partial charge is 0.444 e. The summed E-state index contributed by atoms with van der Waals surface area (Å²) >= 11 is 0. The third kappa shape index (κ3) is 10.8. The molecule has 2 heterocycles. The van der Waals surface area contributed by atoms with Crippen LogP contribution in [0.3, 0.4) is 0 Å². The highest BCUT2D eigenvalue weighted by Crippen LogP contribution is 2.32. The summed E-state index contributed by atoms with van der Waals surface area (Å²) < 4.78 is 69.6. The molecule has 2 atom stereocenters. The smallest absolute Gasteiger partial charge is 0.410 e. The van der Waals surface area contributed by atoms with E-state index in [1.165, 1.54) is 4.90 Å². The standard InChI is InChI=1S/C17H23F2NO3.C10H17F2NO3/c1-16(2,3)23-15(21)20-10-9-17(18,19)14(11-20)22-12-13-7-5-4-6-8-13;1-9(2,3)16-8(15)13-5-4-10(11,12)7(14)6-13/h4-8,14H,9-12H2,1-3H3;7,14H,4-6H2,1-3H3. The van der Waals surface area contributed by atoms with Crippen LogP contribution in [-0.4, -0.2) is 88.5 Å². The quantitative estimate of drug-likeness (QED) is 0.490. The molecule has 2 fully saturated rings. The fourth-order valence-electron chi connectivity index (χ4n) is 3.68. The van der Waals surface area contributed by atoms with Crippen molar-refractivity contribution in [1.29, 1.82) is 0 Å². The lowest BCUT2D eigenvalue weighted by atomic mass is 10.0. The van der Waals surface area contributed by atoms with Crippen LogP contribution in [-0.2, 0) is 20.8 Å². The van der Waals surface area contributed by atoms with Gasteiger partial charge < -0.3 is 29.1 Å².